The Morgan fingerprint density at radius 1 is 0.649 bits per heavy atom. The molecule has 0 bridgehead atoms. The first-order valence-electron chi connectivity index (χ1n) is 14.3. The van der Waals surface area contributed by atoms with Gasteiger partial charge in [0, 0.05) is 17.2 Å². The number of hydrogen-bond donors (Lipinski definition) is 0. The number of ether oxygens (including phenoxy) is 2. The maximum atomic E-state index is 14.8. The molecule has 1 aromatic heterocycles. The van der Waals surface area contributed by atoms with Gasteiger partial charge in [0.15, 0.2) is 5.82 Å². The number of benzene rings is 2. The number of pyridine rings is 1. The van der Waals surface area contributed by atoms with E-state index in [1.165, 1.54) is 63.9 Å². The molecule has 0 spiro atoms. The maximum absolute atomic E-state index is 14.8. The van der Waals surface area contributed by atoms with Crippen molar-refractivity contribution in [3.05, 3.63) is 66.6 Å². The Morgan fingerprint density at radius 2 is 1.22 bits per heavy atom. The molecule has 0 aliphatic heterocycles. The lowest BCUT2D eigenvalue weighted by molar-refractivity contribution is 0.301. The van der Waals surface area contributed by atoms with Crippen molar-refractivity contribution in [2.75, 3.05) is 13.2 Å². The summed E-state index contributed by atoms with van der Waals surface area (Å²) in [5, 5.41) is 0. The molecule has 0 amide bonds. The average molecular weight is 506 g/mol. The first-order chi connectivity index (χ1) is 18.2. The molecule has 3 aromatic rings. The van der Waals surface area contributed by atoms with Crippen LogP contribution in [0.1, 0.15) is 90.9 Å². The van der Waals surface area contributed by atoms with Crippen LogP contribution in [-0.4, -0.2) is 18.2 Å². The van der Waals surface area contributed by atoms with Gasteiger partial charge < -0.3 is 9.47 Å². The molecule has 37 heavy (non-hydrogen) atoms. The van der Waals surface area contributed by atoms with Gasteiger partial charge in [-0.1, -0.05) is 121 Å². The molecule has 200 valence electrons. The van der Waals surface area contributed by atoms with Gasteiger partial charge in [-0.3, -0.25) is 0 Å². The van der Waals surface area contributed by atoms with Crippen LogP contribution in [-0.2, 0) is 0 Å². The number of para-hydroxylation sites is 1. The summed E-state index contributed by atoms with van der Waals surface area (Å²) in [7, 11) is 0. The van der Waals surface area contributed by atoms with Crippen molar-refractivity contribution >= 4 is 0 Å². The van der Waals surface area contributed by atoms with E-state index in [0.717, 1.165) is 48.3 Å². The zero-order valence-electron chi connectivity index (χ0n) is 22.8. The number of nitrogens with zero attached hydrogens (tertiary/aromatic N) is 1. The Labute approximate surface area is 223 Å². The minimum atomic E-state index is -0.365. The van der Waals surface area contributed by atoms with E-state index in [1.807, 2.05) is 42.5 Å². The highest BCUT2D eigenvalue weighted by atomic mass is 19.1. The molecule has 3 nitrogen and oxygen atoms in total. The van der Waals surface area contributed by atoms with Gasteiger partial charge >= 0.3 is 0 Å². The van der Waals surface area contributed by atoms with E-state index >= 15 is 0 Å². The van der Waals surface area contributed by atoms with E-state index in [2.05, 4.69) is 24.9 Å². The van der Waals surface area contributed by atoms with Crippen LogP contribution in [0.15, 0.2) is 60.8 Å². The largest absolute Gasteiger partial charge is 0.493 e. The Kier molecular flexibility index (Phi) is 13.0. The summed E-state index contributed by atoms with van der Waals surface area (Å²) in [6, 6.07) is 17.4. The highest BCUT2D eigenvalue weighted by Gasteiger charge is 2.11. The van der Waals surface area contributed by atoms with Gasteiger partial charge in [-0.2, -0.15) is 0 Å². The summed E-state index contributed by atoms with van der Waals surface area (Å²) in [6.07, 6.45) is 16.2. The van der Waals surface area contributed by atoms with Crippen LogP contribution in [0.25, 0.3) is 22.4 Å². The van der Waals surface area contributed by atoms with Crippen LogP contribution >= 0.6 is 0 Å². The van der Waals surface area contributed by atoms with Crippen molar-refractivity contribution in [1.82, 2.24) is 4.98 Å². The van der Waals surface area contributed by atoms with E-state index < -0.39 is 0 Å². The highest BCUT2D eigenvalue weighted by Crippen LogP contribution is 2.32. The van der Waals surface area contributed by atoms with Gasteiger partial charge in [0.05, 0.1) is 19.4 Å². The number of hydrogen-bond acceptors (Lipinski definition) is 3. The molecule has 0 aliphatic carbocycles. The first-order valence-corrected chi connectivity index (χ1v) is 14.3. The molecule has 4 heteroatoms. The summed E-state index contributed by atoms with van der Waals surface area (Å²) in [5.74, 6) is 1.01. The van der Waals surface area contributed by atoms with Crippen LogP contribution in [0.3, 0.4) is 0 Å². The molecule has 0 saturated carbocycles. The fraction of sp³-hybridized carbons (Fsp3) is 0.485. The van der Waals surface area contributed by atoms with Crippen molar-refractivity contribution in [1.29, 1.82) is 0 Å². The third-order valence-corrected chi connectivity index (χ3v) is 6.69. The zero-order chi connectivity index (χ0) is 26.1. The van der Waals surface area contributed by atoms with Gasteiger partial charge in [0.2, 0.25) is 0 Å². The lowest BCUT2D eigenvalue weighted by atomic mass is 10.0. The summed E-state index contributed by atoms with van der Waals surface area (Å²) >= 11 is 0. The number of halogens is 1. The van der Waals surface area contributed by atoms with Crippen molar-refractivity contribution < 1.29 is 13.9 Å². The topological polar surface area (TPSA) is 31.4 Å². The van der Waals surface area contributed by atoms with Gasteiger partial charge in [-0.05, 0) is 24.5 Å². The lowest BCUT2D eigenvalue weighted by Gasteiger charge is -2.12. The molecule has 0 saturated heterocycles. The highest BCUT2D eigenvalue weighted by molar-refractivity contribution is 5.73. The maximum Gasteiger partial charge on any atom is 0.153 e. The second kappa shape index (κ2) is 16.8. The smallest absolute Gasteiger partial charge is 0.153 e. The van der Waals surface area contributed by atoms with Crippen LogP contribution in [0, 0.1) is 5.82 Å². The van der Waals surface area contributed by atoms with Gasteiger partial charge in [0.1, 0.15) is 17.2 Å². The molecular weight excluding hydrogens is 461 g/mol. The number of rotatable bonds is 18. The molecule has 1 heterocycles. The van der Waals surface area contributed by atoms with Crippen molar-refractivity contribution in [2.45, 2.75) is 90.9 Å². The van der Waals surface area contributed by atoms with Gasteiger partial charge in [0.25, 0.3) is 0 Å². The number of aromatic nitrogens is 1. The molecule has 2 aromatic carbocycles. The monoisotopic (exact) mass is 505 g/mol. The van der Waals surface area contributed by atoms with E-state index in [9.17, 15) is 4.39 Å². The third-order valence-electron chi connectivity index (χ3n) is 6.69. The molecule has 0 fully saturated rings. The van der Waals surface area contributed by atoms with Crippen molar-refractivity contribution in [3.8, 4) is 33.9 Å². The zero-order valence-corrected chi connectivity index (χ0v) is 22.8. The molecular formula is C33H44FNO2. The van der Waals surface area contributed by atoms with E-state index in [-0.39, 0.29) is 5.82 Å². The Morgan fingerprint density at radius 3 is 1.86 bits per heavy atom. The Balaban J connectivity index is 1.54. The predicted octanol–water partition coefficient (Wildman–Crippen LogP) is 10.0. The summed E-state index contributed by atoms with van der Waals surface area (Å²) < 4.78 is 26.7. The minimum Gasteiger partial charge on any atom is -0.493 e. The second-order valence-corrected chi connectivity index (χ2v) is 9.81. The second-order valence-electron chi connectivity index (χ2n) is 9.81. The van der Waals surface area contributed by atoms with Crippen LogP contribution in [0.4, 0.5) is 4.39 Å². The quantitative estimate of drug-likeness (QED) is 0.161. The average Bonchev–Trinajstić information content (AvgIpc) is 2.92. The summed E-state index contributed by atoms with van der Waals surface area (Å²) in [4.78, 5) is 4.36. The first kappa shape index (κ1) is 28.7. The Bertz CT molecular complexity index is 1030. The van der Waals surface area contributed by atoms with Crippen LogP contribution in [0.2, 0.25) is 0 Å². The van der Waals surface area contributed by atoms with E-state index in [1.54, 1.807) is 6.20 Å². The molecule has 0 aliphatic rings. The van der Waals surface area contributed by atoms with Crippen LogP contribution < -0.4 is 9.47 Å². The van der Waals surface area contributed by atoms with E-state index in [0.29, 0.717) is 18.1 Å². The van der Waals surface area contributed by atoms with Crippen LogP contribution in [0.5, 0.6) is 11.5 Å². The fourth-order valence-electron chi connectivity index (χ4n) is 4.49. The lowest BCUT2D eigenvalue weighted by Crippen LogP contribution is -2.00. The molecule has 0 atom stereocenters. The molecule has 0 N–H and O–H groups in total. The molecule has 0 unspecified atom stereocenters. The SMILES string of the molecule is CCCCCCCCOc1cnc(-c2ccc(-c3ccccc3OCCCCCCCC)cc2)c(F)c1. The van der Waals surface area contributed by atoms with Crippen molar-refractivity contribution in [3.63, 3.8) is 0 Å². The summed E-state index contributed by atoms with van der Waals surface area (Å²) in [6.45, 7) is 5.78. The van der Waals surface area contributed by atoms with E-state index in [4.69, 9.17) is 9.47 Å². The summed E-state index contributed by atoms with van der Waals surface area (Å²) in [5.41, 5.74) is 3.17. The third kappa shape index (κ3) is 9.83. The predicted molar refractivity (Wildman–Crippen MR) is 153 cm³/mol. The van der Waals surface area contributed by atoms with Crippen molar-refractivity contribution in [2.24, 2.45) is 0 Å². The standard InChI is InChI=1S/C33H44FNO2/c1-3-5-7-9-11-15-23-36-29-25-31(34)33(35-26-29)28-21-19-27(20-22-28)30-17-13-14-18-32(30)37-24-16-12-10-8-6-4-2/h13-14,17-22,25-26H,3-12,15-16,23-24H2,1-2H3. The van der Waals surface area contributed by atoms with Gasteiger partial charge in [-0.15, -0.1) is 0 Å². The van der Waals surface area contributed by atoms with Gasteiger partial charge in [-0.25, -0.2) is 9.37 Å². The number of unbranched alkanes of at least 4 members (excludes halogenated alkanes) is 10. The minimum absolute atomic E-state index is 0.339. The fourth-order valence-corrected chi connectivity index (χ4v) is 4.49. The Hall–Kier alpha value is -2.88. The normalized spacial score (nSPS) is 11.0. The molecule has 3 rings (SSSR count). The molecule has 0 radical (unpaired) electrons.